The van der Waals surface area contributed by atoms with Crippen molar-refractivity contribution in [3.8, 4) is 17.0 Å². The Labute approximate surface area is 129 Å². The number of benzene rings is 1. The van der Waals surface area contributed by atoms with Gasteiger partial charge in [-0.05, 0) is 31.7 Å². The number of likely N-dealkylation sites (tertiary alicyclic amines) is 1. The van der Waals surface area contributed by atoms with Gasteiger partial charge < -0.3 is 15.4 Å². The van der Waals surface area contributed by atoms with Crippen molar-refractivity contribution in [1.82, 2.24) is 14.7 Å². The van der Waals surface area contributed by atoms with E-state index in [1.165, 1.54) is 0 Å². The number of likely N-dealkylation sites (N-methyl/N-ethyl adjacent to an activating group) is 1. The molecule has 0 saturated carbocycles. The fourth-order valence-electron chi connectivity index (χ4n) is 2.55. The standard InChI is InChI=1S/C15H19ClN4O/c1-19-6-5-11(9-19)21-14-4-3-10(7-12(14)16)13-8-15(17)20(2)18-13/h3-4,7-8,11H,5-6,9,17H2,1-2H3. The van der Waals surface area contributed by atoms with Crippen LogP contribution in [0.2, 0.25) is 5.02 Å². The Balaban J connectivity index is 1.79. The second-order valence-electron chi connectivity index (χ2n) is 5.51. The summed E-state index contributed by atoms with van der Waals surface area (Å²) in [6.07, 6.45) is 1.24. The highest BCUT2D eigenvalue weighted by molar-refractivity contribution is 6.32. The molecule has 0 radical (unpaired) electrons. The Morgan fingerprint density at radius 2 is 2.14 bits per heavy atom. The maximum atomic E-state index is 6.34. The molecule has 1 aromatic carbocycles. The van der Waals surface area contributed by atoms with Crippen molar-refractivity contribution in [2.75, 3.05) is 25.9 Å². The van der Waals surface area contributed by atoms with Crippen LogP contribution in [0.1, 0.15) is 6.42 Å². The molecule has 1 aliphatic rings. The van der Waals surface area contributed by atoms with Gasteiger partial charge >= 0.3 is 0 Å². The lowest BCUT2D eigenvalue weighted by Gasteiger charge is -2.15. The number of hydrogen-bond acceptors (Lipinski definition) is 4. The topological polar surface area (TPSA) is 56.3 Å². The number of aryl methyl sites for hydroxylation is 1. The lowest BCUT2D eigenvalue weighted by molar-refractivity contribution is 0.208. The van der Waals surface area contributed by atoms with Crippen molar-refractivity contribution in [2.24, 2.45) is 7.05 Å². The molecule has 2 aromatic rings. The molecule has 1 aliphatic heterocycles. The predicted octanol–water partition coefficient (Wildman–Crippen LogP) is 2.41. The molecule has 1 fully saturated rings. The molecule has 1 saturated heterocycles. The first-order chi connectivity index (χ1) is 10.0. The summed E-state index contributed by atoms with van der Waals surface area (Å²) in [6, 6.07) is 7.57. The van der Waals surface area contributed by atoms with Crippen LogP contribution < -0.4 is 10.5 Å². The highest BCUT2D eigenvalue weighted by Crippen LogP contribution is 2.31. The minimum atomic E-state index is 0.212. The summed E-state index contributed by atoms with van der Waals surface area (Å²) in [5.41, 5.74) is 7.55. The molecule has 3 rings (SSSR count). The monoisotopic (exact) mass is 306 g/mol. The van der Waals surface area contributed by atoms with Gasteiger partial charge in [0.1, 0.15) is 17.7 Å². The Kier molecular flexibility index (Phi) is 3.78. The van der Waals surface area contributed by atoms with Gasteiger partial charge in [0.25, 0.3) is 0 Å². The summed E-state index contributed by atoms with van der Waals surface area (Å²) in [4.78, 5) is 2.25. The van der Waals surface area contributed by atoms with Crippen LogP contribution in [0, 0.1) is 0 Å². The van der Waals surface area contributed by atoms with Gasteiger partial charge in [-0.3, -0.25) is 4.68 Å². The van der Waals surface area contributed by atoms with E-state index in [0.29, 0.717) is 10.8 Å². The molecule has 1 aromatic heterocycles. The Morgan fingerprint density at radius 3 is 2.71 bits per heavy atom. The molecule has 5 nitrogen and oxygen atoms in total. The zero-order valence-electron chi connectivity index (χ0n) is 12.2. The van der Waals surface area contributed by atoms with Gasteiger partial charge in [0.05, 0.1) is 10.7 Å². The molecule has 0 amide bonds. The molecule has 2 N–H and O–H groups in total. The predicted molar refractivity (Wildman–Crippen MR) is 84.6 cm³/mol. The zero-order valence-corrected chi connectivity index (χ0v) is 13.0. The van der Waals surface area contributed by atoms with Gasteiger partial charge in [-0.25, -0.2) is 0 Å². The van der Waals surface area contributed by atoms with Crippen LogP contribution >= 0.6 is 11.6 Å². The second kappa shape index (κ2) is 5.58. The number of nitrogens with zero attached hydrogens (tertiary/aromatic N) is 3. The van der Waals surface area contributed by atoms with E-state index in [1.54, 1.807) is 4.68 Å². The van der Waals surface area contributed by atoms with Gasteiger partial charge in [-0.1, -0.05) is 11.6 Å². The Bertz CT molecular complexity index is 636. The summed E-state index contributed by atoms with van der Waals surface area (Å²) in [5.74, 6) is 1.35. The van der Waals surface area contributed by atoms with E-state index >= 15 is 0 Å². The van der Waals surface area contributed by atoms with E-state index in [1.807, 2.05) is 31.3 Å². The lowest BCUT2D eigenvalue weighted by Crippen LogP contribution is -2.21. The summed E-state index contributed by atoms with van der Waals surface area (Å²) in [5, 5.41) is 4.95. The molecule has 0 aliphatic carbocycles. The first-order valence-corrected chi connectivity index (χ1v) is 7.35. The number of ether oxygens (including phenoxy) is 1. The average Bonchev–Trinajstić information content (AvgIpc) is 2.99. The SMILES string of the molecule is CN1CCC(Oc2ccc(-c3cc(N)n(C)n3)cc2Cl)C1. The largest absolute Gasteiger partial charge is 0.487 e. The highest BCUT2D eigenvalue weighted by atomic mass is 35.5. The van der Waals surface area contributed by atoms with E-state index in [4.69, 9.17) is 22.1 Å². The number of nitrogens with two attached hydrogens (primary N) is 1. The van der Waals surface area contributed by atoms with Gasteiger partial charge in [0.2, 0.25) is 0 Å². The number of nitrogen functional groups attached to an aromatic ring is 1. The van der Waals surface area contributed by atoms with Crippen LogP contribution in [0.15, 0.2) is 24.3 Å². The third-order valence-corrected chi connectivity index (χ3v) is 4.08. The first-order valence-electron chi connectivity index (χ1n) is 6.97. The highest BCUT2D eigenvalue weighted by Gasteiger charge is 2.21. The van der Waals surface area contributed by atoms with Crippen LogP contribution in [0.5, 0.6) is 5.75 Å². The van der Waals surface area contributed by atoms with Crippen molar-refractivity contribution in [2.45, 2.75) is 12.5 Å². The van der Waals surface area contributed by atoms with Crippen LogP contribution in [-0.2, 0) is 7.05 Å². The van der Waals surface area contributed by atoms with E-state index in [2.05, 4.69) is 17.0 Å². The van der Waals surface area contributed by atoms with Crippen molar-refractivity contribution in [1.29, 1.82) is 0 Å². The Morgan fingerprint density at radius 1 is 1.33 bits per heavy atom. The number of halogens is 1. The van der Waals surface area contributed by atoms with E-state index in [0.717, 1.165) is 36.5 Å². The van der Waals surface area contributed by atoms with Gasteiger partial charge in [-0.15, -0.1) is 0 Å². The molecular weight excluding hydrogens is 288 g/mol. The Hall–Kier alpha value is -1.72. The van der Waals surface area contributed by atoms with Crippen molar-refractivity contribution >= 4 is 17.4 Å². The van der Waals surface area contributed by atoms with Crippen LogP contribution in [-0.4, -0.2) is 40.9 Å². The summed E-state index contributed by atoms with van der Waals surface area (Å²) in [7, 11) is 3.91. The summed E-state index contributed by atoms with van der Waals surface area (Å²) >= 11 is 6.34. The number of aromatic nitrogens is 2. The summed E-state index contributed by atoms with van der Waals surface area (Å²) < 4.78 is 7.61. The van der Waals surface area contributed by atoms with Crippen molar-refractivity contribution in [3.63, 3.8) is 0 Å². The van der Waals surface area contributed by atoms with E-state index < -0.39 is 0 Å². The van der Waals surface area contributed by atoms with Gasteiger partial charge in [0.15, 0.2) is 0 Å². The molecule has 112 valence electrons. The molecule has 1 unspecified atom stereocenters. The summed E-state index contributed by atoms with van der Waals surface area (Å²) in [6.45, 7) is 2.00. The minimum Gasteiger partial charge on any atom is -0.487 e. The quantitative estimate of drug-likeness (QED) is 0.946. The molecule has 0 bridgehead atoms. The molecular formula is C15H19ClN4O. The van der Waals surface area contributed by atoms with Crippen molar-refractivity contribution in [3.05, 3.63) is 29.3 Å². The lowest BCUT2D eigenvalue weighted by atomic mass is 10.1. The molecule has 6 heteroatoms. The average molecular weight is 307 g/mol. The normalized spacial score (nSPS) is 19.1. The van der Waals surface area contributed by atoms with Crippen LogP contribution in [0.25, 0.3) is 11.3 Å². The van der Waals surface area contributed by atoms with Gasteiger partial charge in [0, 0.05) is 31.8 Å². The molecule has 1 atom stereocenters. The smallest absolute Gasteiger partial charge is 0.138 e. The van der Waals surface area contributed by atoms with Crippen LogP contribution in [0.4, 0.5) is 5.82 Å². The first kappa shape index (κ1) is 14.2. The zero-order chi connectivity index (χ0) is 15.0. The molecule has 2 heterocycles. The molecule has 21 heavy (non-hydrogen) atoms. The minimum absolute atomic E-state index is 0.212. The van der Waals surface area contributed by atoms with E-state index in [-0.39, 0.29) is 6.10 Å². The van der Waals surface area contributed by atoms with E-state index in [9.17, 15) is 0 Å². The number of hydrogen-bond donors (Lipinski definition) is 1. The van der Waals surface area contributed by atoms with Crippen LogP contribution in [0.3, 0.4) is 0 Å². The number of anilines is 1. The maximum Gasteiger partial charge on any atom is 0.138 e. The fourth-order valence-corrected chi connectivity index (χ4v) is 2.77. The number of rotatable bonds is 3. The van der Waals surface area contributed by atoms with Crippen molar-refractivity contribution < 1.29 is 4.74 Å². The second-order valence-corrected chi connectivity index (χ2v) is 5.92. The fraction of sp³-hybridized carbons (Fsp3) is 0.400. The third kappa shape index (κ3) is 2.99. The maximum absolute atomic E-state index is 6.34. The van der Waals surface area contributed by atoms with Gasteiger partial charge in [-0.2, -0.15) is 5.10 Å². The third-order valence-electron chi connectivity index (χ3n) is 3.79. The molecule has 0 spiro atoms.